The van der Waals surface area contributed by atoms with Crippen LogP contribution in [0.4, 0.5) is 5.95 Å². The SMILES string of the molecule is CCOC(=O)c1cc(OC)c2c(c1)nc(NC(=O)c1cc(C)nn1CC)n2Cc1ccc(P(=O)(O)O)cc1. The van der Waals surface area contributed by atoms with Crippen molar-refractivity contribution in [1.29, 1.82) is 0 Å². The maximum atomic E-state index is 13.2. The van der Waals surface area contributed by atoms with Gasteiger partial charge in [0.15, 0.2) is 0 Å². The molecule has 0 saturated carbocycles. The number of fused-ring (bicyclic) bond motifs is 1. The topological polar surface area (TPSA) is 158 Å². The number of methoxy groups -OCH3 is 1. The van der Waals surface area contributed by atoms with E-state index >= 15 is 0 Å². The number of aromatic nitrogens is 4. The van der Waals surface area contributed by atoms with Gasteiger partial charge in [0.05, 0.1) is 42.3 Å². The number of ether oxygens (including phenoxy) is 2. The molecule has 2 heterocycles. The van der Waals surface area contributed by atoms with Gasteiger partial charge in [0, 0.05) is 6.54 Å². The summed E-state index contributed by atoms with van der Waals surface area (Å²) in [6.45, 7) is 6.24. The van der Waals surface area contributed by atoms with Gasteiger partial charge in [-0.3, -0.25) is 19.4 Å². The smallest absolute Gasteiger partial charge is 0.356 e. The first-order valence-electron chi connectivity index (χ1n) is 11.8. The first-order valence-corrected chi connectivity index (χ1v) is 13.4. The van der Waals surface area contributed by atoms with Crippen LogP contribution in [-0.2, 0) is 22.4 Å². The van der Waals surface area contributed by atoms with Crippen LogP contribution in [0.1, 0.15) is 46.0 Å². The lowest BCUT2D eigenvalue weighted by molar-refractivity contribution is 0.0526. The van der Waals surface area contributed by atoms with Crippen molar-refractivity contribution in [3.05, 3.63) is 65.0 Å². The minimum Gasteiger partial charge on any atom is -0.494 e. The van der Waals surface area contributed by atoms with Gasteiger partial charge in [0.25, 0.3) is 5.91 Å². The number of imidazole rings is 1. The average molecular weight is 542 g/mol. The molecule has 0 radical (unpaired) electrons. The lowest BCUT2D eigenvalue weighted by Crippen LogP contribution is -2.20. The minimum absolute atomic E-state index is 0.106. The Balaban J connectivity index is 1.83. The Morgan fingerprint density at radius 3 is 2.42 bits per heavy atom. The van der Waals surface area contributed by atoms with E-state index in [2.05, 4.69) is 15.4 Å². The number of hydrogen-bond donors (Lipinski definition) is 3. The van der Waals surface area contributed by atoms with E-state index < -0.39 is 19.5 Å². The zero-order valence-corrected chi connectivity index (χ0v) is 22.2. The van der Waals surface area contributed by atoms with E-state index in [1.54, 1.807) is 47.4 Å². The molecule has 2 aromatic carbocycles. The molecule has 12 nitrogen and oxygen atoms in total. The highest BCUT2D eigenvalue weighted by molar-refractivity contribution is 7.60. The quantitative estimate of drug-likeness (QED) is 0.214. The summed E-state index contributed by atoms with van der Waals surface area (Å²) >= 11 is 0. The predicted molar refractivity (Wildman–Crippen MR) is 140 cm³/mol. The van der Waals surface area contributed by atoms with Crippen LogP contribution < -0.4 is 15.4 Å². The van der Waals surface area contributed by atoms with E-state index in [0.717, 1.165) is 0 Å². The van der Waals surface area contributed by atoms with Crippen LogP contribution in [0.3, 0.4) is 0 Å². The van der Waals surface area contributed by atoms with E-state index in [1.807, 2.05) is 6.92 Å². The molecule has 0 spiro atoms. The van der Waals surface area contributed by atoms with Gasteiger partial charge < -0.3 is 23.8 Å². The van der Waals surface area contributed by atoms with Crippen LogP contribution >= 0.6 is 7.60 Å². The van der Waals surface area contributed by atoms with Gasteiger partial charge in [-0.15, -0.1) is 0 Å². The Morgan fingerprint density at radius 2 is 1.82 bits per heavy atom. The number of amides is 1. The molecule has 38 heavy (non-hydrogen) atoms. The number of rotatable bonds is 9. The van der Waals surface area contributed by atoms with Gasteiger partial charge in [0.1, 0.15) is 17.0 Å². The third kappa shape index (κ3) is 5.47. The van der Waals surface area contributed by atoms with Crippen LogP contribution in [0.15, 0.2) is 42.5 Å². The molecule has 200 valence electrons. The number of esters is 1. The van der Waals surface area contributed by atoms with E-state index in [9.17, 15) is 23.9 Å². The van der Waals surface area contributed by atoms with Gasteiger partial charge in [0.2, 0.25) is 5.95 Å². The molecule has 0 aliphatic heterocycles. The molecular formula is C25H28N5O7P. The van der Waals surface area contributed by atoms with Gasteiger partial charge in [-0.05, 0) is 56.7 Å². The fraction of sp³-hybridized carbons (Fsp3) is 0.280. The number of benzene rings is 2. The van der Waals surface area contributed by atoms with Crippen LogP contribution in [0.2, 0.25) is 0 Å². The molecule has 1 amide bonds. The highest BCUT2D eigenvalue weighted by Gasteiger charge is 2.23. The van der Waals surface area contributed by atoms with Crippen LogP contribution in [0.25, 0.3) is 11.0 Å². The highest BCUT2D eigenvalue weighted by atomic mass is 31.2. The maximum absolute atomic E-state index is 13.2. The van der Waals surface area contributed by atoms with Gasteiger partial charge >= 0.3 is 13.6 Å². The van der Waals surface area contributed by atoms with Crippen molar-refractivity contribution in [2.24, 2.45) is 0 Å². The van der Waals surface area contributed by atoms with Crippen molar-refractivity contribution in [3.63, 3.8) is 0 Å². The number of nitrogens with zero attached hydrogens (tertiary/aromatic N) is 4. The number of nitrogens with one attached hydrogen (secondary N) is 1. The Labute approximate surface area is 218 Å². The molecule has 0 saturated heterocycles. The molecule has 2 aromatic heterocycles. The number of aryl methyl sites for hydroxylation is 2. The normalized spacial score (nSPS) is 11.5. The first-order chi connectivity index (χ1) is 18.0. The molecule has 0 aliphatic rings. The van der Waals surface area contributed by atoms with Gasteiger partial charge in [-0.1, -0.05) is 12.1 Å². The summed E-state index contributed by atoms with van der Waals surface area (Å²) in [6.07, 6.45) is 0. The van der Waals surface area contributed by atoms with Crippen LogP contribution in [0, 0.1) is 6.92 Å². The zero-order chi connectivity index (χ0) is 27.6. The number of anilines is 1. The van der Waals surface area contributed by atoms with Crippen molar-refractivity contribution in [2.45, 2.75) is 33.9 Å². The molecule has 0 fully saturated rings. The van der Waals surface area contributed by atoms with Crippen molar-refractivity contribution in [3.8, 4) is 5.75 Å². The van der Waals surface area contributed by atoms with Gasteiger partial charge in [-0.2, -0.15) is 5.10 Å². The summed E-state index contributed by atoms with van der Waals surface area (Å²) < 4.78 is 25.6. The molecular weight excluding hydrogens is 513 g/mol. The van der Waals surface area contributed by atoms with Crippen molar-refractivity contribution >= 4 is 41.8 Å². The first kappa shape index (κ1) is 27.1. The average Bonchev–Trinajstić information content (AvgIpc) is 3.43. The molecule has 3 N–H and O–H groups in total. The largest absolute Gasteiger partial charge is 0.494 e. The fourth-order valence-electron chi connectivity index (χ4n) is 4.08. The Morgan fingerprint density at radius 1 is 1.11 bits per heavy atom. The van der Waals surface area contributed by atoms with Crippen LogP contribution in [0.5, 0.6) is 5.75 Å². The molecule has 0 bridgehead atoms. The second-order valence-electron chi connectivity index (χ2n) is 8.44. The van der Waals surface area contributed by atoms with E-state index in [1.165, 1.54) is 25.3 Å². The van der Waals surface area contributed by atoms with Gasteiger partial charge in [-0.25, -0.2) is 9.78 Å². The van der Waals surface area contributed by atoms with Crippen molar-refractivity contribution in [1.82, 2.24) is 19.3 Å². The van der Waals surface area contributed by atoms with E-state index in [0.29, 0.717) is 40.3 Å². The minimum atomic E-state index is -4.40. The lowest BCUT2D eigenvalue weighted by Gasteiger charge is -2.13. The summed E-state index contributed by atoms with van der Waals surface area (Å²) in [6, 6.07) is 10.6. The number of carbonyl (C=O) groups excluding carboxylic acids is 2. The maximum Gasteiger partial charge on any atom is 0.356 e. The third-order valence-corrected chi connectivity index (χ3v) is 6.78. The second-order valence-corrected chi connectivity index (χ2v) is 10.0. The summed E-state index contributed by atoms with van der Waals surface area (Å²) in [7, 11) is -2.94. The monoisotopic (exact) mass is 541 g/mol. The molecule has 0 atom stereocenters. The van der Waals surface area contributed by atoms with Crippen LogP contribution in [-0.4, -0.2) is 54.7 Å². The number of hydrogen-bond acceptors (Lipinski definition) is 7. The molecule has 0 aliphatic carbocycles. The summed E-state index contributed by atoms with van der Waals surface area (Å²) in [4.78, 5) is 49.1. The molecule has 4 aromatic rings. The van der Waals surface area contributed by atoms with E-state index in [4.69, 9.17) is 9.47 Å². The third-order valence-electron chi connectivity index (χ3n) is 5.81. The van der Waals surface area contributed by atoms with Crippen molar-refractivity contribution < 1.29 is 33.4 Å². The lowest BCUT2D eigenvalue weighted by atomic mass is 10.1. The number of carbonyl (C=O) groups is 2. The summed E-state index contributed by atoms with van der Waals surface area (Å²) in [5.74, 6) is -0.446. The molecule has 0 unspecified atom stereocenters. The van der Waals surface area contributed by atoms with Crippen molar-refractivity contribution in [2.75, 3.05) is 19.0 Å². The highest BCUT2D eigenvalue weighted by Crippen LogP contribution is 2.34. The summed E-state index contributed by atoms with van der Waals surface area (Å²) in [5.41, 5.74) is 2.86. The molecule has 13 heteroatoms. The summed E-state index contributed by atoms with van der Waals surface area (Å²) in [5, 5.41) is 7.06. The molecule has 4 rings (SSSR count). The Hall–Kier alpha value is -3.99. The second kappa shape index (κ2) is 10.8. The fourth-order valence-corrected chi connectivity index (χ4v) is 4.62. The Kier molecular flexibility index (Phi) is 7.68. The predicted octanol–water partition coefficient (Wildman–Crippen LogP) is 2.85. The zero-order valence-electron chi connectivity index (χ0n) is 21.3. The van der Waals surface area contributed by atoms with E-state index in [-0.39, 0.29) is 30.0 Å². The standard InChI is InChI=1S/C25H28N5O7P/c1-5-30-20(11-15(3)28-30)23(31)27-25-26-19-12-17(24(32)37-6-2)13-21(36-4)22(19)29(25)14-16-7-9-18(10-8-16)38(33,34)35/h7-13H,5-6,14H2,1-4H3,(H,26,27,31)(H2,33,34,35). The Bertz CT molecular complexity index is 1550.